The van der Waals surface area contributed by atoms with Crippen molar-refractivity contribution in [3.05, 3.63) is 107 Å². The number of aryl methyl sites for hydroxylation is 1. The predicted molar refractivity (Wildman–Crippen MR) is 130 cm³/mol. The molecule has 0 spiro atoms. The van der Waals surface area contributed by atoms with Crippen LogP contribution in [0.15, 0.2) is 90.6 Å². The summed E-state index contributed by atoms with van der Waals surface area (Å²) in [6, 6.07) is 25.2. The number of amides is 2. The molecule has 1 aromatic heterocycles. The van der Waals surface area contributed by atoms with Crippen LogP contribution in [-0.4, -0.2) is 16.8 Å². The minimum atomic E-state index is -0.525. The van der Waals surface area contributed by atoms with Gasteiger partial charge in [0.25, 0.3) is 11.8 Å². The molecule has 0 bridgehead atoms. The summed E-state index contributed by atoms with van der Waals surface area (Å²) in [6.45, 7) is 1.96. The second-order valence-electron chi connectivity index (χ2n) is 7.45. The van der Waals surface area contributed by atoms with E-state index in [0.29, 0.717) is 22.5 Å². The van der Waals surface area contributed by atoms with Crippen LogP contribution in [0.1, 0.15) is 21.5 Å². The SMILES string of the molecule is Cc1ccc(C(=O)Nc2cccc(/C=C(\C#N)C(=O)Nc3cccc4ncccc34)c2)cc1. The predicted octanol–water partition coefficient (Wildman–Crippen LogP) is 5.34. The van der Waals surface area contributed by atoms with E-state index in [1.165, 1.54) is 6.08 Å². The zero-order valence-electron chi connectivity index (χ0n) is 17.9. The highest BCUT2D eigenvalue weighted by molar-refractivity contribution is 6.12. The highest BCUT2D eigenvalue weighted by Gasteiger charge is 2.12. The molecular weight excluding hydrogens is 412 g/mol. The normalized spacial score (nSPS) is 11.0. The molecule has 0 aliphatic rings. The minimum Gasteiger partial charge on any atom is -0.322 e. The summed E-state index contributed by atoms with van der Waals surface area (Å²) in [5.41, 5.74) is 4.05. The monoisotopic (exact) mass is 432 g/mol. The van der Waals surface area contributed by atoms with Crippen molar-refractivity contribution >= 4 is 40.2 Å². The molecule has 0 unspecified atom stereocenters. The molecule has 0 saturated carbocycles. The van der Waals surface area contributed by atoms with Crippen molar-refractivity contribution in [1.29, 1.82) is 5.26 Å². The molecule has 4 aromatic rings. The van der Waals surface area contributed by atoms with E-state index in [1.807, 2.05) is 37.3 Å². The van der Waals surface area contributed by atoms with Crippen molar-refractivity contribution in [3.8, 4) is 6.07 Å². The van der Waals surface area contributed by atoms with Crippen LogP contribution in [0.4, 0.5) is 11.4 Å². The van der Waals surface area contributed by atoms with Gasteiger partial charge in [-0.15, -0.1) is 0 Å². The van der Waals surface area contributed by atoms with Gasteiger partial charge in [-0.05, 0) is 67.1 Å². The van der Waals surface area contributed by atoms with Crippen molar-refractivity contribution in [2.24, 2.45) is 0 Å². The summed E-state index contributed by atoms with van der Waals surface area (Å²) in [5, 5.41) is 16.0. The first-order valence-corrected chi connectivity index (χ1v) is 10.3. The van der Waals surface area contributed by atoms with Crippen LogP contribution in [-0.2, 0) is 4.79 Å². The first kappa shape index (κ1) is 21.5. The maximum atomic E-state index is 12.8. The van der Waals surface area contributed by atoms with Crippen LogP contribution in [0.3, 0.4) is 0 Å². The number of anilines is 2. The Morgan fingerprint density at radius 3 is 2.52 bits per heavy atom. The van der Waals surface area contributed by atoms with Gasteiger partial charge in [-0.1, -0.05) is 35.9 Å². The molecule has 0 fully saturated rings. The number of carbonyl (C=O) groups excluding carboxylic acids is 2. The van der Waals surface area contributed by atoms with Gasteiger partial charge in [-0.2, -0.15) is 5.26 Å². The first-order chi connectivity index (χ1) is 16.0. The highest BCUT2D eigenvalue weighted by Crippen LogP contribution is 2.22. The average Bonchev–Trinajstić information content (AvgIpc) is 2.83. The van der Waals surface area contributed by atoms with Crippen molar-refractivity contribution in [1.82, 2.24) is 4.98 Å². The summed E-state index contributed by atoms with van der Waals surface area (Å²) in [6.07, 6.45) is 3.17. The van der Waals surface area contributed by atoms with E-state index < -0.39 is 5.91 Å². The molecule has 6 heteroatoms. The number of nitriles is 1. The van der Waals surface area contributed by atoms with E-state index >= 15 is 0 Å². The molecule has 0 saturated heterocycles. The van der Waals surface area contributed by atoms with Gasteiger partial charge in [0.05, 0.1) is 11.2 Å². The maximum Gasteiger partial charge on any atom is 0.266 e. The number of hydrogen-bond acceptors (Lipinski definition) is 4. The van der Waals surface area contributed by atoms with Crippen molar-refractivity contribution in [2.45, 2.75) is 6.92 Å². The molecule has 2 amide bonds. The van der Waals surface area contributed by atoms with Gasteiger partial charge in [0, 0.05) is 22.8 Å². The molecule has 0 radical (unpaired) electrons. The fourth-order valence-corrected chi connectivity index (χ4v) is 3.33. The molecule has 0 aliphatic heterocycles. The quantitative estimate of drug-likeness (QED) is 0.329. The lowest BCUT2D eigenvalue weighted by Gasteiger charge is -2.08. The van der Waals surface area contributed by atoms with Gasteiger partial charge in [0.2, 0.25) is 0 Å². The highest BCUT2D eigenvalue weighted by atomic mass is 16.2. The van der Waals surface area contributed by atoms with Crippen LogP contribution in [0, 0.1) is 18.3 Å². The zero-order chi connectivity index (χ0) is 23.2. The van der Waals surface area contributed by atoms with Gasteiger partial charge < -0.3 is 10.6 Å². The molecule has 160 valence electrons. The Labute approximate surface area is 191 Å². The molecular formula is C27H20N4O2. The third kappa shape index (κ3) is 5.12. The van der Waals surface area contributed by atoms with E-state index in [0.717, 1.165) is 16.5 Å². The number of rotatable bonds is 5. The van der Waals surface area contributed by atoms with Gasteiger partial charge in [-0.25, -0.2) is 0 Å². The molecule has 33 heavy (non-hydrogen) atoms. The smallest absolute Gasteiger partial charge is 0.266 e. The lowest BCUT2D eigenvalue weighted by molar-refractivity contribution is -0.112. The number of pyridine rings is 1. The van der Waals surface area contributed by atoms with Gasteiger partial charge >= 0.3 is 0 Å². The molecule has 4 rings (SSSR count). The maximum absolute atomic E-state index is 12.8. The second kappa shape index (κ2) is 9.58. The van der Waals surface area contributed by atoms with Crippen LogP contribution >= 0.6 is 0 Å². The number of fused-ring (bicyclic) bond motifs is 1. The van der Waals surface area contributed by atoms with Crippen molar-refractivity contribution in [2.75, 3.05) is 10.6 Å². The lowest BCUT2D eigenvalue weighted by atomic mass is 10.1. The fraction of sp³-hybridized carbons (Fsp3) is 0.0370. The minimum absolute atomic E-state index is 0.0575. The van der Waals surface area contributed by atoms with Gasteiger partial charge in [0.15, 0.2) is 0 Å². The number of aromatic nitrogens is 1. The Balaban J connectivity index is 1.53. The number of hydrogen-bond donors (Lipinski definition) is 2. The molecule has 3 aromatic carbocycles. The lowest BCUT2D eigenvalue weighted by Crippen LogP contribution is -2.14. The number of benzene rings is 3. The average molecular weight is 432 g/mol. The third-order valence-corrected chi connectivity index (χ3v) is 5.03. The number of carbonyl (C=O) groups is 2. The summed E-state index contributed by atoms with van der Waals surface area (Å²) >= 11 is 0. The molecule has 6 nitrogen and oxygen atoms in total. The van der Waals surface area contributed by atoms with Crippen molar-refractivity contribution < 1.29 is 9.59 Å². The Kier molecular flexibility index (Phi) is 6.24. The van der Waals surface area contributed by atoms with Crippen LogP contribution in [0.2, 0.25) is 0 Å². The van der Waals surface area contributed by atoms with E-state index in [-0.39, 0.29) is 11.5 Å². The van der Waals surface area contributed by atoms with Gasteiger partial charge in [0.1, 0.15) is 11.6 Å². The van der Waals surface area contributed by atoms with E-state index in [1.54, 1.807) is 60.8 Å². The third-order valence-electron chi connectivity index (χ3n) is 5.03. The first-order valence-electron chi connectivity index (χ1n) is 10.3. The largest absolute Gasteiger partial charge is 0.322 e. The summed E-state index contributed by atoms with van der Waals surface area (Å²) in [4.78, 5) is 29.5. The standard InChI is InChI=1S/C27H20N4O2/c1-18-10-12-20(13-11-18)26(32)30-22-6-2-5-19(16-22)15-21(17-28)27(33)31-25-9-3-8-24-23(25)7-4-14-29-24/h2-16H,1H3,(H,30,32)(H,31,33)/b21-15+. The Bertz CT molecular complexity index is 1410. The Morgan fingerprint density at radius 2 is 1.73 bits per heavy atom. The number of nitrogens with zero attached hydrogens (tertiary/aromatic N) is 2. The zero-order valence-corrected chi connectivity index (χ0v) is 17.9. The Hall–Kier alpha value is -4.76. The van der Waals surface area contributed by atoms with Crippen LogP contribution in [0.5, 0.6) is 0 Å². The van der Waals surface area contributed by atoms with Crippen molar-refractivity contribution in [3.63, 3.8) is 0 Å². The second-order valence-corrected chi connectivity index (χ2v) is 7.45. The number of nitrogens with one attached hydrogen (secondary N) is 2. The molecule has 0 atom stereocenters. The fourth-order valence-electron chi connectivity index (χ4n) is 3.33. The van der Waals surface area contributed by atoms with E-state index in [2.05, 4.69) is 15.6 Å². The summed E-state index contributed by atoms with van der Waals surface area (Å²) in [7, 11) is 0. The summed E-state index contributed by atoms with van der Waals surface area (Å²) < 4.78 is 0. The van der Waals surface area contributed by atoms with Crippen LogP contribution < -0.4 is 10.6 Å². The summed E-state index contributed by atoms with van der Waals surface area (Å²) in [5.74, 6) is -0.762. The topological polar surface area (TPSA) is 94.9 Å². The molecule has 0 aliphatic carbocycles. The Morgan fingerprint density at radius 1 is 0.939 bits per heavy atom. The van der Waals surface area contributed by atoms with Gasteiger partial charge in [-0.3, -0.25) is 14.6 Å². The molecule has 1 heterocycles. The van der Waals surface area contributed by atoms with Crippen LogP contribution in [0.25, 0.3) is 17.0 Å². The molecule has 2 N–H and O–H groups in total. The van der Waals surface area contributed by atoms with E-state index in [9.17, 15) is 14.9 Å². The van der Waals surface area contributed by atoms with E-state index in [4.69, 9.17) is 0 Å².